The molecule has 0 bridgehead atoms. The average molecular weight is 932 g/mol. The third-order valence-corrected chi connectivity index (χ3v) is 26.9. The van der Waals surface area contributed by atoms with Gasteiger partial charge in [0.25, 0.3) is 0 Å². The maximum atomic E-state index is 12.7. The van der Waals surface area contributed by atoms with Crippen molar-refractivity contribution in [3.63, 3.8) is 0 Å². The zero-order valence-corrected chi connectivity index (χ0v) is 44.7. The Bertz CT molecular complexity index is 1980. The molecule has 67 heavy (non-hydrogen) atoms. The molecule has 0 aromatic heterocycles. The highest BCUT2D eigenvalue weighted by Gasteiger charge is 2.74. The summed E-state index contributed by atoms with van der Waals surface area (Å²) in [5, 5.41) is 42.1. The molecule has 0 spiro atoms. The van der Waals surface area contributed by atoms with Crippen LogP contribution in [0.15, 0.2) is 4.99 Å². The predicted molar refractivity (Wildman–Crippen MR) is 266 cm³/mol. The summed E-state index contributed by atoms with van der Waals surface area (Å²) in [5.41, 5.74) is 1.75. The molecule has 0 aromatic carbocycles. The van der Waals surface area contributed by atoms with Crippen LogP contribution in [0.25, 0.3) is 0 Å². The second-order valence-electron chi connectivity index (χ2n) is 28.7. The van der Waals surface area contributed by atoms with Crippen LogP contribution < -0.4 is 0 Å². The van der Waals surface area contributed by atoms with Gasteiger partial charge in [-0.15, -0.1) is 0 Å². The Morgan fingerprint density at radius 1 is 0.522 bits per heavy atom. The quantitative estimate of drug-likeness (QED) is 0.159. The Balaban J connectivity index is 0.000000168. The van der Waals surface area contributed by atoms with Crippen molar-refractivity contribution in [1.82, 2.24) is 0 Å². The van der Waals surface area contributed by atoms with Gasteiger partial charge in [-0.2, -0.15) is 0 Å². The monoisotopic (exact) mass is 932 g/mol. The van der Waals surface area contributed by atoms with Crippen molar-refractivity contribution in [3.05, 3.63) is 0 Å². The van der Waals surface area contributed by atoms with Crippen LogP contribution in [-0.2, 0) is 14.3 Å². The van der Waals surface area contributed by atoms with Crippen LogP contribution in [0.5, 0.6) is 0 Å². The number of aliphatic hydroxyl groups excluding tert-OH is 3. The van der Waals surface area contributed by atoms with E-state index < -0.39 is 11.4 Å². The number of hydrogen-bond acceptors (Lipinski definition) is 7. The van der Waals surface area contributed by atoms with E-state index in [1.807, 2.05) is 7.05 Å². The first kappa shape index (κ1) is 50.6. The standard InChI is InChI=1S/C30H51NO3.C29H46O4/c1-19(31-7)20-10-15-30(34-18-32)17-16-28(5)21(25(20)30)8-9-23-27(4)13-12-24(33)26(2,3)22(27)11-14-29(23,28)6;1-17(30)18-9-14-29(24(32)33)16-15-27(5)19(23(18)29)7-8-21-26(4)12-11-22(31)25(2,3)20(26)10-13-28(21,27)6/h20-25,32-33H,8-18H2,1-7H3;18-23,31H,7-16H2,1-6H3,(H,32,33)/t20?,21?,22?,23?,24?,25?,27-,28?,29+,30?;18?,19?,20?,21?,22?,23?,26-,27?,28+,29?/m00/s1. The van der Waals surface area contributed by atoms with Gasteiger partial charge in [-0.25, -0.2) is 0 Å². The number of carbonyl (C=O) groups is 2. The van der Waals surface area contributed by atoms with Gasteiger partial charge in [0.2, 0.25) is 0 Å². The molecule has 8 heteroatoms. The Labute approximate surface area is 406 Å². The number of fused-ring (bicyclic) bond motifs is 14. The summed E-state index contributed by atoms with van der Waals surface area (Å²) in [6, 6.07) is 0. The molecule has 10 rings (SSSR count). The number of nitrogens with zero attached hydrogens (tertiary/aromatic N) is 1. The maximum Gasteiger partial charge on any atom is 0.309 e. The van der Waals surface area contributed by atoms with Gasteiger partial charge in [-0.3, -0.25) is 14.6 Å². The highest BCUT2D eigenvalue weighted by atomic mass is 16.6. The van der Waals surface area contributed by atoms with Gasteiger partial charge >= 0.3 is 5.97 Å². The lowest BCUT2D eigenvalue weighted by Crippen LogP contribution is -2.67. The van der Waals surface area contributed by atoms with Crippen LogP contribution >= 0.6 is 0 Å². The number of rotatable bonds is 5. The normalized spacial score (nSPS) is 54.8. The van der Waals surface area contributed by atoms with Crippen LogP contribution in [0.2, 0.25) is 0 Å². The van der Waals surface area contributed by atoms with E-state index in [4.69, 9.17) is 4.74 Å². The van der Waals surface area contributed by atoms with Gasteiger partial charge in [0.05, 0.1) is 23.2 Å². The molecule has 4 N–H and O–H groups in total. The van der Waals surface area contributed by atoms with E-state index in [0.717, 1.165) is 83.0 Å². The van der Waals surface area contributed by atoms with Crippen molar-refractivity contribution in [2.45, 2.75) is 229 Å². The lowest BCUT2D eigenvalue weighted by atomic mass is 9.32. The van der Waals surface area contributed by atoms with E-state index in [-0.39, 0.29) is 74.7 Å². The molecular formula is C59H97NO7. The van der Waals surface area contributed by atoms with Crippen molar-refractivity contribution in [3.8, 4) is 0 Å². The number of aliphatic carboxylic acids is 1. The van der Waals surface area contributed by atoms with E-state index in [1.165, 1.54) is 50.7 Å². The van der Waals surface area contributed by atoms with Gasteiger partial charge < -0.3 is 25.2 Å². The molecule has 0 aliphatic heterocycles. The lowest BCUT2D eigenvalue weighted by Gasteiger charge is -2.72. The Morgan fingerprint density at radius 2 is 1.00 bits per heavy atom. The molecule has 0 heterocycles. The van der Waals surface area contributed by atoms with Crippen LogP contribution in [0.4, 0.5) is 0 Å². The molecule has 16 unspecified atom stereocenters. The summed E-state index contributed by atoms with van der Waals surface area (Å²) in [4.78, 5) is 30.1. The van der Waals surface area contributed by atoms with Gasteiger partial charge in [0.15, 0.2) is 0 Å². The molecule has 10 saturated carbocycles. The third kappa shape index (κ3) is 6.56. The molecule has 10 aliphatic carbocycles. The minimum absolute atomic E-state index is 0.000765. The van der Waals surface area contributed by atoms with Crippen LogP contribution in [0, 0.1) is 108 Å². The molecule has 0 amide bonds. The maximum absolute atomic E-state index is 12.7. The number of carboxylic acid groups (broad SMARTS) is 1. The zero-order chi connectivity index (χ0) is 48.9. The number of carbonyl (C=O) groups excluding carboxylic acids is 1. The largest absolute Gasteiger partial charge is 0.481 e. The number of ether oxygens (including phenoxy) is 1. The van der Waals surface area contributed by atoms with E-state index in [9.17, 15) is 30.0 Å². The molecule has 0 aromatic rings. The summed E-state index contributed by atoms with van der Waals surface area (Å²) >= 11 is 0. The smallest absolute Gasteiger partial charge is 0.309 e. The molecule has 10 fully saturated rings. The fourth-order valence-electron chi connectivity index (χ4n) is 22.9. The minimum atomic E-state index is -0.693. The number of ketones is 1. The van der Waals surface area contributed by atoms with E-state index in [2.05, 4.69) is 81.2 Å². The summed E-state index contributed by atoms with van der Waals surface area (Å²) in [6.45, 7) is 28.5. The minimum Gasteiger partial charge on any atom is -0.481 e. The van der Waals surface area contributed by atoms with Crippen molar-refractivity contribution in [2.75, 3.05) is 13.8 Å². The summed E-state index contributed by atoms with van der Waals surface area (Å²) in [6.07, 6.45) is 21.0. The second-order valence-corrected chi connectivity index (χ2v) is 28.7. The van der Waals surface area contributed by atoms with Crippen LogP contribution in [0.3, 0.4) is 0 Å². The highest BCUT2D eigenvalue weighted by molar-refractivity contribution is 5.85. The molecule has 8 nitrogen and oxygen atoms in total. The Morgan fingerprint density at radius 3 is 1.46 bits per heavy atom. The first-order chi connectivity index (χ1) is 31.2. The van der Waals surface area contributed by atoms with Gasteiger partial charge in [-0.05, 0) is 233 Å². The number of hydrogen-bond donors (Lipinski definition) is 4. The summed E-state index contributed by atoms with van der Waals surface area (Å²) in [5.74, 6) is 3.84. The number of Topliss-reactive ketones (excluding diaryl/α,β-unsaturated/α-hetero) is 1. The van der Waals surface area contributed by atoms with E-state index in [0.29, 0.717) is 58.7 Å². The molecule has 10 aliphatic rings. The van der Waals surface area contributed by atoms with Crippen molar-refractivity contribution < 1.29 is 34.8 Å². The molecule has 380 valence electrons. The molecule has 0 radical (unpaired) electrons. The Kier molecular flexibility index (Phi) is 12.3. The Hall–Kier alpha value is -1.35. The van der Waals surface area contributed by atoms with Crippen LogP contribution in [0.1, 0.15) is 212 Å². The van der Waals surface area contributed by atoms with E-state index >= 15 is 0 Å². The van der Waals surface area contributed by atoms with Crippen molar-refractivity contribution in [2.24, 2.45) is 113 Å². The summed E-state index contributed by atoms with van der Waals surface area (Å²) in [7, 11) is 1.95. The predicted octanol–water partition coefficient (Wildman–Crippen LogP) is 12.3. The highest BCUT2D eigenvalue weighted by Crippen LogP contribution is 2.79. The summed E-state index contributed by atoms with van der Waals surface area (Å²) < 4.78 is 6.30. The van der Waals surface area contributed by atoms with Gasteiger partial charge in [0, 0.05) is 24.6 Å². The van der Waals surface area contributed by atoms with Crippen LogP contribution in [-0.4, -0.2) is 69.5 Å². The zero-order valence-electron chi connectivity index (χ0n) is 44.7. The van der Waals surface area contributed by atoms with Gasteiger partial charge in [0.1, 0.15) is 12.6 Å². The number of aliphatic hydroxyl groups is 3. The SMILES string of the molecule is CC(=O)C1CCC2(C(=O)O)CCC3(C)C(CCC4[C@@]5(C)CCC(O)C(C)(C)C5CC[C@]43C)C12.CN=C(C)C1CCC2(OCO)CCC3(C)C(CCC4[C@@]5(C)CCC(O)C(C)(C)C5CC[C@]43C)C12. The van der Waals surface area contributed by atoms with Crippen molar-refractivity contribution in [1.29, 1.82) is 0 Å². The first-order valence-electron chi connectivity index (χ1n) is 27.9. The first-order valence-corrected chi connectivity index (χ1v) is 27.9. The second kappa shape index (κ2) is 16.3. The van der Waals surface area contributed by atoms with Gasteiger partial charge in [-0.1, -0.05) is 69.2 Å². The number of aliphatic imine (C=N–C) groups is 1. The molecule has 20 atom stereocenters. The fraction of sp³-hybridized carbons (Fsp3) is 0.949. The van der Waals surface area contributed by atoms with E-state index in [1.54, 1.807) is 6.92 Å². The average Bonchev–Trinajstić information content (AvgIpc) is 3.85. The lowest BCUT2D eigenvalue weighted by molar-refractivity contribution is -0.264. The molecule has 0 saturated heterocycles. The number of carboxylic acids is 1. The topological polar surface area (TPSA) is 137 Å². The fourth-order valence-corrected chi connectivity index (χ4v) is 22.9. The van der Waals surface area contributed by atoms with Crippen molar-refractivity contribution >= 4 is 17.5 Å². The third-order valence-electron chi connectivity index (χ3n) is 26.9. The molecular weight excluding hydrogens is 835 g/mol.